The van der Waals surface area contributed by atoms with E-state index in [1.807, 2.05) is 0 Å². The third kappa shape index (κ3) is 4.06. The lowest BCUT2D eigenvalue weighted by molar-refractivity contribution is -0.139. The van der Waals surface area contributed by atoms with Gasteiger partial charge in [-0.2, -0.15) is 5.10 Å². The van der Waals surface area contributed by atoms with E-state index < -0.39 is 29.4 Å². The fourth-order valence-electron chi connectivity index (χ4n) is 2.83. The van der Waals surface area contributed by atoms with Gasteiger partial charge in [-0.15, -0.1) is 0 Å². The zero-order valence-electron chi connectivity index (χ0n) is 15.3. The fraction of sp³-hybridized carbons (Fsp3) is 0.200. The summed E-state index contributed by atoms with van der Waals surface area (Å²) in [7, 11) is 1.53. The van der Waals surface area contributed by atoms with Crippen molar-refractivity contribution in [3.63, 3.8) is 0 Å². The minimum Gasteiger partial charge on any atom is -0.448 e. The summed E-state index contributed by atoms with van der Waals surface area (Å²) in [4.78, 5) is 38.1. The van der Waals surface area contributed by atoms with Crippen molar-refractivity contribution in [3.05, 3.63) is 76.0 Å². The van der Waals surface area contributed by atoms with Crippen molar-refractivity contribution < 1.29 is 18.7 Å². The lowest BCUT2D eigenvalue weighted by Gasteiger charge is -2.21. The van der Waals surface area contributed by atoms with E-state index in [0.29, 0.717) is 16.3 Å². The SMILES string of the molecule is C[C@@H](OC(=O)c1n[nH]c(=O)c2ccccc12)C(=O)N(C)Cc1cccc(F)c1. The van der Waals surface area contributed by atoms with Gasteiger partial charge in [0.05, 0.1) is 5.39 Å². The number of fused-ring (bicyclic) bond motifs is 1. The van der Waals surface area contributed by atoms with Gasteiger partial charge >= 0.3 is 5.97 Å². The molecule has 0 bridgehead atoms. The number of likely N-dealkylation sites (N-methyl/N-ethyl adjacent to an activating group) is 1. The predicted molar refractivity (Wildman–Crippen MR) is 100 cm³/mol. The quantitative estimate of drug-likeness (QED) is 0.683. The lowest BCUT2D eigenvalue weighted by Crippen LogP contribution is -2.37. The predicted octanol–water partition coefficient (Wildman–Crippen LogP) is 2.27. The topological polar surface area (TPSA) is 92.4 Å². The van der Waals surface area contributed by atoms with E-state index in [9.17, 15) is 18.8 Å². The van der Waals surface area contributed by atoms with E-state index in [1.54, 1.807) is 36.4 Å². The van der Waals surface area contributed by atoms with Crippen LogP contribution in [0.4, 0.5) is 4.39 Å². The number of nitrogens with zero attached hydrogens (tertiary/aromatic N) is 2. The largest absolute Gasteiger partial charge is 0.448 e. The van der Waals surface area contributed by atoms with Gasteiger partial charge < -0.3 is 9.64 Å². The highest BCUT2D eigenvalue weighted by molar-refractivity contribution is 6.02. The number of amides is 1. The number of rotatable bonds is 5. The second kappa shape index (κ2) is 7.99. The van der Waals surface area contributed by atoms with Gasteiger partial charge in [0.2, 0.25) is 0 Å². The number of nitrogens with one attached hydrogen (secondary N) is 1. The molecule has 0 spiro atoms. The minimum atomic E-state index is -1.08. The maximum absolute atomic E-state index is 13.3. The smallest absolute Gasteiger partial charge is 0.360 e. The molecule has 0 aliphatic heterocycles. The third-order valence-corrected chi connectivity index (χ3v) is 4.21. The second-order valence-electron chi connectivity index (χ2n) is 6.32. The van der Waals surface area contributed by atoms with E-state index >= 15 is 0 Å². The second-order valence-corrected chi connectivity index (χ2v) is 6.32. The molecule has 1 heterocycles. The summed E-state index contributed by atoms with van der Waals surface area (Å²) in [6.45, 7) is 1.61. The number of H-pyrrole nitrogens is 1. The van der Waals surface area contributed by atoms with E-state index in [0.717, 1.165) is 0 Å². The molecule has 8 heteroatoms. The van der Waals surface area contributed by atoms with Crippen molar-refractivity contribution in [2.45, 2.75) is 19.6 Å². The standard InChI is InChI=1S/C20H18FN3O4/c1-12(19(26)24(2)11-13-6-5-7-14(21)10-13)28-20(27)17-15-8-3-4-9-16(15)18(25)23-22-17/h3-10,12H,11H2,1-2H3,(H,23,25)/t12-/m1/s1. The van der Waals surface area contributed by atoms with Gasteiger partial charge in [-0.1, -0.05) is 30.3 Å². The number of carbonyl (C=O) groups excluding carboxylic acids is 2. The molecule has 1 amide bonds. The highest BCUT2D eigenvalue weighted by Gasteiger charge is 2.24. The van der Waals surface area contributed by atoms with E-state index in [4.69, 9.17) is 4.74 Å². The molecule has 0 aliphatic rings. The van der Waals surface area contributed by atoms with Gasteiger partial charge in [0, 0.05) is 19.0 Å². The van der Waals surface area contributed by atoms with Crippen LogP contribution < -0.4 is 5.56 Å². The Hall–Kier alpha value is -3.55. The Bertz CT molecular complexity index is 1100. The number of hydrogen-bond donors (Lipinski definition) is 1. The number of hydrogen-bond acceptors (Lipinski definition) is 5. The number of aromatic nitrogens is 2. The monoisotopic (exact) mass is 383 g/mol. The van der Waals surface area contributed by atoms with Crippen LogP contribution in [0.5, 0.6) is 0 Å². The third-order valence-electron chi connectivity index (χ3n) is 4.21. The lowest BCUT2D eigenvalue weighted by atomic mass is 10.1. The molecular formula is C20H18FN3O4. The van der Waals surface area contributed by atoms with Crippen LogP contribution in [0.15, 0.2) is 53.3 Å². The maximum Gasteiger partial charge on any atom is 0.360 e. The number of halogens is 1. The molecular weight excluding hydrogens is 365 g/mol. The Kier molecular flexibility index (Phi) is 5.49. The molecule has 0 radical (unpaired) electrons. The summed E-state index contributed by atoms with van der Waals surface area (Å²) in [6, 6.07) is 12.4. The fourth-order valence-corrected chi connectivity index (χ4v) is 2.83. The number of carbonyl (C=O) groups is 2. The van der Waals surface area contributed by atoms with Crippen molar-refractivity contribution in [1.82, 2.24) is 15.1 Å². The summed E-state index contributed by atoms with van der Waals surface area (Å²) < 4.78 is 18.5. The van der Waals surface area contributed by atoms with Crippen LogP contribution in [0.3, 0.4) is 0 Å². The molecule has 2 aromatic carbocycles. The summed E-state index contributed by atoms with van der Waals surface area (Å²) in [5, 5.41) is 6.65. The van der Waals surface area contributed by atoms with Crippen LogP contribution in [0.1, 0.15) is 23.0 Å². The summed E-state index contributed by atoms with van der Waals surface area (Å²) in [5.74, 6) is -1.67. The average Bonchev–Trinajstić information content (AvgIpc) is 2.67. The van der Waals surface area contributed by atoms with Crippen molar-refractivity contribution in [3.8, 4) is 0 Å². The van der Waals surface area contributed by atoms with Crippen molar-refractivity contribution in [2.75, 3.05) is 7.05 Å². The first-order valence-electron chi connectivity index (χ1n) is 8.54. The van der Waals surface area contributed by atoms with E-state index in [1.165, 1.54) is 31.0 Å². The first kappa shape index (κ1) is 19.2. The molecule has 3 aromatic rings. The molecule has 0 unspecified atom stereocenters. The van der Waals surface area contributed by atoms with Crippen LogP contribution in [0.25, 0.3) is 10.8 Å². The average molecular weight is 383 g/mol. The summed E-state index contributed by atoms with van der Waals surface area (Å²) in [6.07, 6.45) is -1.08. The molecule has 0 saturated carbocycles. The molecule has 0 fully saturated rings. The van der Waals surface area contributed by atoms with Gasteiger partial charge in [0.1, 0.15) is 5.82 Å². The highest BCUT2D eigenvalue weighted by Crippen LogP contribution is 2.15. The molecule has 1 atom stereocenters. The molecule has 0 aliphatic carbocycles. The van der Waals surface area contributed by atoms with Crippen LogP contribution in [0.2, 0.25) is 0 Å². The molecule has 1 N–H and O–H groups in total. The number of benzene rings is 2. The molecule has 144 valence electrons. The highest BCUT2D eigenvalue weighted by atomic mass is 19.1. The molecule has 3 rings (SSSR count). The maximum atomic E-state index is 13.3. The normalized spacial score (nSPS) is 11.8. The number of ether oxygens (including phenoxy) is 1. The van der Waals surface area contributed by atoms with Crippen molar-refractivity contribution in [1.29, 1.82) is 0 Å². The zero-order chi connectivity index (χ0) is 20.3. The first-order chi connectivity index (χ1) is 13.4. The Morgan fingerprint density at radius 1 is 1.18 bits per heavy atom. The Morgan fingerprint density at radius 2 is 1.89 bits per heavy atom. The molecule has 0 saturated heterocycles. The number of esters is 1. The van der Waals surface area contributed by atoms with Crippen LogP contribution in [0, 0.1) is 5.82 Å². The Balaban J connectivity index is 1.73. The minimum absolute atomic E-state index is 0.0809. The molecule has 1 aromatic heterocycles. The van der Waals surface area contributed by atoms with Crippen LogP contribution in [-0.2, 0) is 16.1 Å². The molecule has 28 heavy (non-hydrogen) atoms. The van der Waals surface area contributed by atoms with Crippen molar-refractivity contribution in [2.24, 2.45) is 0 Å². The summed E-state index contributed by atoms with van der Waals surface area (Å²) in [5.41, 5.74) is 0.108. The van der Waals surface area contributed by atoms with Crippen LogP contribution >= 0.6 is 0 Å². The van der Waals surface area contributed by atoms with E-state index in [-0.39, 0.29) is 12.2 Å². The number of aromatic amines is 1. The van der Waals surface area contributed by atoms with Gasteiger partial charge in [0.25, 0.3) is 11.5 Å². The van der Waals surface area contributed by atoms with Crippen LogP contribution in [-0.4, -0.2) is 40.1 Å². The Labute approximate surface area is 159 Å². The van der Waals surface area contributed by atoms with Gasteiger partial charge in [-0.25, -0.2) is 14.3 Å². The Morgan fingerprint density at radius 3 is 2.61 bits per heavy atom. The van der Waals surface area contributed by atoms with Gasteiger partial charge in [0.15, 0.2) is 11.8 Å². The molecule has 7 nitrogen and oxygen atoms in total. The summed E-state index contributed by atoms with van der Waals surface area (Å²) >= 11 is 0. The van der Waals surface area contributed by atoms with Gasteiger partial charge in [-0.05, 0) is 30.7 Å². The van der Waals surface area contributed by atoms with Crippen molar-refractivity contribution >= 4 is 22.6 Å². The van der Waals surface area contributed by atoms with E-state index in [2.05, 4.69) is 10.2 Å². The first-order valence-corrected chi connectivity index (χ1v) is 8.54. The zero-order valence-corrected chi connectivity index (χ0v) is 15.3. The van der Waals surface area contributed by atoms with Gasteiger partial charge in [-0.3, -0.25) is 9.59 Å².